The predicted molar refractivity (Wildman–Crippen MR) is 71.8 cm³/mol. The molecule has 5 heteroatoms. The summed E-state index contributed by atoms with van der Waals surface area (Å²) in [5.74, 6) is -0.372. The molecular formula is C14H19FN2O2. The van der Waals surface area contributed by atoms with Crippen LogP contribution in [0, 0.1) is 5.82 Å². The molecule has 0 heterocycles. The molecule has 1 fully saturated rings. The van der Waals surface area contributed by atoms with Gasteiger partial charge in [0.15, 0.2) is 11.6 Å². The second-order valence-corrected chi connectivity index (χ2v) is 4.60. The normalized spacial score (nSPS) is 14.2. The Morgan fingerprint density at radius 1 is 1.47 bits per heavy atom. The van der Waals surface area contributed by atoms with Crippen molar-refractivity contribution in [3.63, 3.8) is 0 Å². The van der Waals surface area contributed by atoms with Crippen LogP contribution in [0.5, 0.6) is 5.75 Å². The Kier molecular flexibility index (Phi) is 4.74. The second kappa shape index (κ2) is 6.52. The van der Waals surface area contributed by atoms with Gasteiger partial charge in [-0.05, 0) is 31.9 Å². The molecule has 1 aliphatic rings. The van der Waals surface area contributed by atoms with E-state index in [-0.39, 0.29) is 11.7 Å². The van der Waals surface area contributed by atoms with E-state index in [9.17, 15) is 9.18 Å². The maximum Gasteiger partial charge on any atom is 0.225 e. The minimum absolute atomic E-state index is 0.114. The topological polar surface area (TPSA) is 50.4 Å². The maximum absolute atomic E-state index is 13.6. The van der Waals surface area contributed by atoms with Crippen molar-refractivity contribution in [1.29, 1.82) is 0 Å². The van der Waals surface area contributed by atoms with E-state index in [4.69, 9.17) is 4.74 Å². The van der Waals surface area contributed by atoms with Gasteiger partial charge in [-0.2, -0.15) is 0 Å². The Balaban J connectivity index is 1.80. The van der Waals surface area contributed by atoms with Crippen LogP contribution in [0.3, 0.4) is 0 Å². The summed E-state index contributed by atoms with van der Waals surface area (Å²) in [5.41, 5.74) is 0.456. The highest BCUT2D eigenvalue weighted by Gasteiger charge is 2.20. The van der Waals surface area contributed by atoms with Crippen LogP contribution in [0.1, 0.15) is 26.2 Å². The fourth-order valence-corrected chi connectivity index (χ4v) is 1.75. The standard InChI is InChI=1S/C14H19FN2O2/c1-2-19-13-6-5-11(9-12(13)15)17-14(18)7-8-16-10-3-4-10/h5-6,9-10,16H,2-4,7-8H2,1H3,(H,17,18). The highest BCUT2D eigenvalue weighted by Crippen LogP contribution is 2.21. The Labute approximate surface area is 112 Å². The average molecular weight is 266 g/mol. The maximum atomic E-state index is 13.6. The SMILES string of the molecule is CCOc1ccc(NC(=O)CCNC2CC2)cc1F. The van der Waals surface area contributed by atoms with Gasteiger partial charge in [0.05, 0.1) is 6.61 Å². The van der Waals surface area contributed by atoms with Gasteiger partial charge >= 0.3 is 0 Å². The highest BCUT2D eigenvalue weighted by molar-refractivity contribution is 5.90. The number of hydrogen-bond acceptors (Lipinski definition) is 3. The lowest BCUT2D eigenvalue weighted by atomic mass is 10.2. The molecule has 1 aromatic rings. The monoisotopic (exact) mass is 266 g/mol. The first kappa shape index (κ1) is 13.8. The zero-order chi connectivity index (χ0) is 13.7. The van der Waals surface area contributed by atoms with Crippen LogP contribution in [0.15, 0.2) is 18.2 Å². The van der Waals surface area contributed by atoms with E-state index in [0.29, 0.717) is 31.3 Å². The molecule has 19 heavy (non-hydrogen) atoms. The molecule has 2 N–H and O–H groups in total. The van der Waals surface area contributed by atoms with E-state index in [1.54, 1.807) is 13.0 Å². The summed E-state index contributed by atoms with van der Waals surface area (Å²) in [6.07, 6.45) is 2.79. The van der Waals surface area contributed by atoms with Gasteiger partial charge in [0.1, 0.15) is 0 Å². The zero-order valence-corrected chi connectivity index (χ0v) is 11.0. The molecule has 4 nitrogen and oxygen atoms in total. The molecule has 1 saturated carbocycles. The summed E-state index contributed by atoms with van der Waals surface area (Å²) in [6, 6.07) is 5.03. The zero-order valence-electron chi connectivity index (χ0n) is 11.0. The Hall–Kier alpha value is -1.62. The first-order valence-corrected chi connectivity index (χ1v) is 6.64. The lowest BCUT2D eigenvalue weighted by Gasteiger charge is -2.08. The van der Waals surface area contributed by atoms with Crippen LogP contribution >= 0.6 is 0 Å². The number of benzene rings is 1. The Bertz CT molecular complexity index is 447. The fraction of sp³-hybridized carbons (Fsp3) is 0.500. The van der Waals surface area contributed by atoms with Crippen molar-refractivity contribution in [2.75, 3.05) is 18.5 Å². The number of anilines is 1. The van der Waals surface area contributed by atoms with Crippen LogP contribution in [0.2, 0.25) is 0 Å². The van der Waals surface area contributed by atoms with Crippen molar-refractivity contribution in [1.82, 2.24) is 5.32 Å². The van der Waals surface area contributed by atoms with Crippen LogP contribution in [-0.4, -0.2) is 25.1 Å². The minimum atomic E-state index is -0.462. The van der Waals surface area contributed by atoms with Crippen LogP contribution in [0.4, 0.5) is 10.1 Å². The van der Waals surface area contributed by atoms with Crippen molar-refractivity contribution in [3.8, 4) is 5.75 Å². The molecule has 0 atom stereocenters. The summed E-state index contributed by atoms with van der Waals surface area (Å²) in [5, 5.41) is 5.93. The molecule has 0 aromatic heterocycles. The van der Waals surface area contributed by atoms with Gasteiger partial charge in [0, 0.05) is 30.8 Å². The number of ether oxygens (including phenoxy) is 1. The third-order valence-electron chi connectivity index (χ3n) is 2.88. The first-order chi connectivity index (χ1) is 9.19. The lowest BCUT2D eigenvalue weighted by molar-refractivity contribution is -0.116. The third kappa shape index (κ3) is 4.52. The highest BCUT2D eigenvalue weighted by atomic mass is 19.1. The minimum Gasteiger partial charge on any atom is -0.491 e. The van der Waals surface area contributed by atoms with Crippen LogP contribution < -0.4 is 15.4 Å². The number of nitrogens with one attached hydrogen (secondary N) is 2. The summed E-state index contributed by atoms with van der Waals surface area (Å²) >= 11 is 0. The van der Waals surface area contributed by atoms with Crippen LogP contribution in [0.25, 0.3) is 0 Å². The molecule has 0 unspecified atom stereocenters. The Morgan fingerprint density at radius 2 is 2.26 bits per heavy atom. The molecule has 0 aliphatic heterocycles. The van der Waals surface area contributed by atoms with E-state index in [2.05, 4.69) is 10.6 Å². The molecule has 0 saturated heterocycles. The molecule has 1 aromatic carbocycles. The summed E-state index contributed by atoms with van der Waals surface area (Å²) in [6.45, 7) is 2.87. The van der Waals surface area contributed by atoms with Gasteiger partial charge in [-0.3, -0.25) is 4.79 Å². The summed E-state index contributed by atoms with van der Waals surface area (Å²) in [7, 11) is 0. The molecular weight excluding hydrogens is 247 g/mol. The first-order valence-electron chi connectivity index (χ1n) is 6.64. The molecule has 2 rings (SSSR count). The van der Waals surface area contributed by atoms with E-state index < -0.39 is 5.82 Å². The van der Waals surface area contributed by atoms with Crippen molar-refractivity contribution >= 4 is 11.6 Å². The average Bonchev–Trinajstić information content (AvgIpc) is 3.17. The van der Waals surface area contributed by atoms with E-state index >= 15 is 0 Å². The van der Waals surface area contributed by atoms with Crippen molar-refractivity contribution in [2.45, 2.75) is 32.2 Å². The smallest absolute Gasteiger partial charge is 0.225 e. The number of halogens is 1. The quantitative estimate of drug-likeness (QED) is 0.796. The predicted octanol–water partition coefficient (Wildman–Crippen LogP) is 2.31. The van der Waals surface area contributed by atoms with E-state index in [0.717, 1.165) is 0 Å². The van der Waals surface area contributed by atoms with Crippen LogP contribution in [-0.2, 0) is 4.79 Å². The number of carbonyl (C=O) groups excluding carboxylic acids is 1. The van der Waals surface area contributed by atoms with Crippen molar-refractivity contribution in [3.05, 3.63) is 24.0 Å². The summed E-state index contributed by atoms with van der Waals surface area (Å²) < 4.78 is 18.7. The number of amides is 1. The molecule has 104 valence electrons. The van der Waals surface area contributed by atoms with Gasteiger partial charge in [-0.15, -0.1) is 0 Å². The van der Waals surface area contributed by atoms with Crippen molar-refractivity contribution in [2.24, 2.45) is 0 Å². The van der Waals surface area contributed by atoms with Gasteiger partial charge in [-0.1, -0.05) is 0 Å². The lowest BCUT2D eigenvalue weighted by Crippen LogP contribution is -2.23. The fourth-order valence-electron chi connectivity index (χ4n) is 1.75. The number of hydrogen-bond donors (Lipinski definition) is 2. The number of carbonyl (C=O) groups is 1. The summed E-state index contributed by atoms with van der Waals surface area (Å²) in [4.78, 5) is 11.6. The number of rotatable bonds is 7. The van der Waals surface area contributed by atoms with Gasteiger partial charge in [-0.25, -0.2) is 4.39 Å². The molecule has 1 amide bonds. The van der Waals surface area contributed by atoms with Gasteiger partial charge in [0.25, 0.3) is 0 Å². The molecule has 0 spiro atoms. The largest absolute Gasteiger partial charge is 0.491 e. The molecule has 1 aliphatic carbocycles. The van der Waals surface area contributed by atoms with E-state index in [1.165, 1.54) is 25.0 Å². The third-order valence-corrected chi connectivity index (χ3v) is 2.88. The second-order valence-electron chi connectivity index (χ2n) is 4.60. The molecule has 0 bridgehead atoms. The van der Waals surface area contributed by atoms with Gasteiger partial charge < -0.3 is 15.4 Å². The van der Waals surface area contributed by atoms with Crippen molar-refractivity contribution < 1.29 is 13.9 Å². The van der Waals surface area contributed by atoms with E-state index in [1.807, 2.05) is 0 Å². The van der Waals surface area contributed by atoms with Gasteiger partial charge in [0.2, 0.25) is 5.91 Å². The Morgan fingerprint density at radius 3 is 2.89 bits per heavy atom. The molecule has 0 radical (unpaired) electrons.